The van der Waals surface area contributed by atoms with E-state index in [2.05, 4.69) is 64.7 Å². The van der Waals surface area contributed by atoms with Gasteiger partial charge in [-0.1, -0.05) is 128 Å². The van der Waals surface area contributed by atoms with Gasteiger partial charge in [-0.3, -0.25) is 14.4 Å². The number of unbranched alkanes of at least 4 members (excludes halogenated alkanes) is 14. The van der Waals surface area contributed by atoms with Crippen LogP contribution in [0.25, 0.3) is 0 Å². The highest BCUT2D eigenvalue weighted by molar-refractivity contribution is 5.78. The summed E-state index contributed by atoms with van der Waals surface area (Å²) >= 11 is 0. The second-order valence-electron chi connectivity index (χ2n) is 19.1. The molecule has 0 spiro atoms. The van der Waals surface area contributed by atoms with Crippen LogP contribution in [0.15, 0.2) is 24.3 Å². The van der Waals surface area contributed by atoms with Gasteiger partial charge in [-0.05, 0) is 75.0 Å². The van der Waals surface area contributed by atoms with Crippen molar-refractivity contribution in [3.63, 3.8) is 0 Å². The van der Waals surface area contributed by atoms with Crippen molar-refractivity contribution in [2.75, 3.05) is 78.5 Å². The second-order valence-corrected chi connectivity index (χ2v) is 19.1. The third-order valence-electron chi connectivity index (χ3n) is 13.8. The first-order chi connectivity index (χ1) is 31.7. The predicted octanol–water partition coefficient (Wildman–Crippen LogP) is 8.70. The molecule has 2 saturated heterocycles. The SMILES string of the molecule is CCCCC/C=C/CC1C(CCCCCC)C=CC(CCCCCCCC(=O)NCCNCCN2CCNC2=O)C1CCCCCCCC(=O)NCCN1CCN(CCNC(C)=O)C1=O. The summed E-state index contributed by atoms with van der Waals surface area (Å²) in [5.41, 5.74) is 0. The van der Waals surface area contributed by atoms with Crippen molar-refractivity contribution < 1.29 is 24.0 Å². The maximum atomic E-state index is 12.6. The van der Waals surface area contributed by atoms with Crippen LogP contribution < -0.4 is 26.6 Å². The first-order valence-electron chi connectivity index (χ1n) is 26.6. The van der Waals surface area contributed by atoms with E-state index in [-0.39, 0.29) is 29.8 Å². The van der Waals surface area contributed by atoms with E-state index in [1.165, 1.54) is 116 Å². The molecule has 0 saturated carbocycles. The maximum absolute atomic E-state index is 12.6. The minimum atomic E-state index is -0.0930. The van der Waals surface area contributed by atoms with Crippen LogP contribution in [0.2, 0.25) is 0 Å². The minimum absolute atomic E-state index is 0.0105. The molecule has 0 aromatic rings. The van der Waals surface area contributed by atoms with E-state index in [0.717, 1.165) is 51.7 Å². The van der Waals surface area contributed by atoms with E-state index >= 15 is 0 Å². The number of nitrogens with one attached hydrogen (secondary N) is 5. The molecule has 4 atom stereocenters. The van der Waals surface area contributed by atoms with Crippen molar-refractivity contribution >= 4 is 29.8 Å². The van der Waals surface area contributed by atoms with Gasteiger partial charge >= 0.3 is 12.1 Å². The number of nitrogens with zero attached hydrogens (tertiary/aromatic N) is 3. The molecule has 13 heteroatoms. The molecular weight excluding hydrogens is 817 g/mol. The Morgan fingerprint density at radius 1 is 0.585 bits per heavy atom. The zero-order valence-electron chi connectivity index (χ0n) is 41.5. The second kappa shape index (κ2) is 35.6. The van der Waals surface area contributed by atoms with Crippen LogP contribution in [-0.2, 0) is 14.4 Å². The first-order valence-corrected chi connectivity index (χ1v) is 26.6. The molecule has 3 aliphatic rings. The summed E-state index contributed by atoms with van der Waals surface area (Å²) in [4.78, 5) is 65.8. The lowest BCUT2D eigenvalue weighted by Gasteiger charge is -2.40. The normalized spacial score (nSPS) is 19.7. The molecular formula is C52H94N8O5. The fraction of sp³-hybridized carbons (Fsp3) is 0.827. The molecule has 13 nitrogen and oxygen atoms in total. The molecule has 0 bridgehead atoms. The summed E-state index contributed by atoms with van der Waals surface area (Å²) in [7, 11) is 0. The van der Waals surface area contributed by atoms with Crippen molar-refractivity contribution in [3.05, 3.63) is 24.3 Å². The quantitative estimate of drug-likeness (QED) is 0.0307. The smallest absolute Gasteiger partial charge is 0.320 e. The van der Waals surface area contributed by atoms with Gasteiger partial charge in [0.25, 0.3) is 0 Å². The zero-order valence-corrected chi connectivity index (χ0v) is 41.5. The molecule has 1 aliphatic carbocycles. The summed E-state index contributed by atoms with van der Waals surface area (Å²) in [6, 6.07) is -0.0149. The minimum Gasteiger partial charge on any atom is -0.355 e. The van der Waals surface area contributed by atoms with E-state index in [0.29, 0.717) is 95.4 Å². The van der Waals surface area contributed by atoms with Gasteiger partial charge in [0.15, 0.2) is 0 Å². The highest BCUT2D eigenvalue weighted by Crippen LogP contribution is 2.44. The average Bonchev–Trinajstić information content (AvgIpc) is 3.87. The molecule has 2 heterocycles. The van der Waals surface area contributed by atoms with Gasteiger partial charge < -0.3 is 41.3 Å². The van der Waals surface area contributed by atoms with Gasteiger partial charge in [-0.25, -0.2) is 9.59 Å². The van der Waals surface area contributed by atoms with Crippen LogP contribution in [0.4, 0.5) is 9.59 Å². The van der Waals surface area contributed by atoms with Crippen LogP contribution in [0.5, 0.6) is 0 Å². The van der Waals surface area contributed by atoms with Crippen LogP contribution in [0.1, 0.15) is 175 Å². The lowest BCUT2D eigenvalue weighted by atomic mass is 9.65. The topological polar surface area (TPSA) is 155 Å². The van der Waals surface area contributed by atoms with Crippen LogP contribution in [-0.4, -0.2) is 123 Å². The third-order valence-corrected chi connectivity index (χ3v) is 13.8. The van der Waals surface area contributed by atoms with E-state index in [1.807, 2.05) is 4.90 Å². The van der Waals surface area contributed by atoms with Crippen molar-refractivity contribution in [2.45, 2.75) is 175 Å². The number of amides is 7. The highest BCUT2D eigenvalue weighted by Gasteiger charge is 2.34. The largest absolute Gasteiger partial charge is 0.355 e. The van der Waals surface area contributed by atoms with Gasteiger partial charge in [0, 0.05) is 98.3 Å². The van der Waals surface area contributed by atoms with Crippen molar-refractivity contribution in [3.8, 4) is 0 Å². The summed E-state index contributed by atoms with van der Waals surface area (Å²) in [6.45, 7) is 13.5. The predicted molar refractivity (Wildman–Crippen MR) is 265 cm³/mol. The van der Waals surface area contributed by atoms with Gasteiger partial charge in [-0.2, -0.15) is 0 Å². The van der Waals surface area contributed by atoms with Crippen LogP contribution in [0, 0.1) is 23.7 Å². The Morgan fingerprint density at radius 2 is 1.12 bits per heavy atom. The lowest BCUT2D eigenvalue weighted by molar-refractivity contribution is -0.122. The molecule has 7 amide bonds. The number of allylic oxidation sites excluding steroid dienone is 4. The molecule has 372 valence electrons. The molecule has 2 fully saturated rings. The summed E-state index contributed by atoms with van der Waals surface area (Å²) in [6.07, 6.45) is 38.1. The average molecular weight is 911 g/mol. The molecule has 65 heavy (non-hydrogen) atoms. The molecule has 0 radical (unpaired) electrons. The Hall–Kier alpha value is -3.61. The monoisotopic (exact) mass is 911 g/mol. The molecule has 0 aromatic carbocycles. The van der Waals surface area contributed by atoms with E-state index < -0.39 is 0 Å². The number of carbonyl (C=O) groups excluding carboxylic acids is 5. The van der Waals surface area contributed by atoms with Gasteiger partial charge in [-0.15, -0.1) is 0 Å². The van der Waals surface area contributed by atoms with E-state index in [1.54, 1.807) is 9.80 Å². The van der Waals surface area contributed by atoms with Crippen molar-refractivity contribution in [1.29, 1.82) is 0 Å². The first kappa shape index (κ1) is 55.7. The fourth-order valence-electron chi connectivity index (χ4n) is 9.96. The number of rotatable bonds is 39. The fourth-order valence-corrected chi connectivity index (χ4v) is 9.96. The summed E-state index contributed by atoms with van der Waals surface area (Å²) < 4.78 is 0. The Morgan fingerprint density at radius 3 is 1.74 bits per heavy atom. The van der Waals surface area contributed by atoms with Gasteiger partial charge in [0.1, 0.15) is 0 Å². The van der Waals surface area contributed by atoms with E-state index in [9.17, 15) is 24.0 Å². The number of urea groups is 2. The molecule has 2 aliphatic heterocycles. The third kappa shape index (κ3) is 24.7. The van der Waals surface area contributed by atoms with Crippen LogP contribution >= 0.6 is 0 Å². The number of carbonyl (C=O) groups is 5. The summed E-state index contributed by atoms with van der Waals surface area (Å²) in [5, 5.41) is 14.9. The van der Waals surface area contributed by atoms with Gasteiger partial charge in [0.05, 0.1) is 0 Å². The lowest BCUT2D eigenvalue weighted by Crippen LogP contribution is -2.40. The Bertz CT molecular complexity index is 1390. The van der Waals surface area contributed by atoms with Gasteiger partial charge in [0.2, 0.25) is 17.7 Å². The molecule has 5 N–H and O–H groups in total. The highest BCUT2D eigenvalue weighted by atomic mass is 16.2. The Balaban J connectivity index is 1.38. The molecule has 3 rings (SSSR count). The molecule has 0 aromatic heterocycles. The van der Waals surface area contributed by atoms with Crippen LogP contribution in [0.3, 0.4) is 0 Å². The molecule has 4 unspecified atom stereocenters. The van der Waals surface area contributed by atoms with E-state index in [4.69, 9.17) is 0 Å². The Labute approximate surface area is 395 Å². The number of hydrogen-bond donors (Lipinski definition) is 5. The standard InChI is InChI=1S/C52H94N8O5/c1-4-6-8-10-14-20-26-47-45(24-18-9-7-5-2)30-31-46(25-19-13-11-16-22-28-49(62)55-33-32-53-34-38-58-39-37-57-51(58)64)48(47)27-21-15-12-17-23-29-50(63)56-36-41-60-43-42-59(52(60)65)40-35-54-44(3)61/h14,20,30-31,45-48,53H,4-13,15-19,21-29,32-43H2,1-3H3,(H,54,61)(H,55,62)(H,56,63)(H,57,64)/b20-14+. The maximum Gasteiger partial charge on any atom is 0.320 e. The summed E-state index contributed by atoms with van der Waals surface area (Å²) in [5.74, 6) is 2.84. The Kier molecular flexibility index (Phi) is 30.5. The zero-order chi connectivity index (χ0) is 46.7. The van der Waals surface area contributed by atoms with Crippen molar-refractivity contribution in [1.82, 2.24) is 41.3 Å². The van der Waals surface area contributed by atoms with Crippen molar-refractivity contribution in [2.24, 2.45) is 23.7 Å². The number of hydrogen-bond acceptors (Lipinski definition) is 6.